The Morgan fingerprint density at radius 1 is 1.23 bits per heavy atom. The van der Waals surface area contributed by atoms with Crippen LogP contribution < -0.4 is 5.32 Å². The molecule has 0 spiro atoms. The zero-order valence-corrected chi connectivity index (χ0v) is 20.7. The molecular formula is C28H33F3N2O2. The van der Waals surface area contributed by atoms with Crippen LogP contribution in [0.2, 0.25) is 0 Å². The number of rotatable bonds is 6. The van der Waals surface area contributed by atoms with E-state index in [9.17, 15) is 18.0 Å². The number of hydrogen-bond acceptors (Lipinski definition) is 2. The Kier molecular flexibility index (Phi) is 12.2. The van der Waals surface area contributed by atoms with Gasteiger partial charge in [0, 0.05) is 11.3 Å². The van der Waals surface area contributed by atoms with Crippen molar-refractivity contribution in [3.63, 3.8) is 0 Å². The van der Waals surface area contributed by atoms with Crippen molar-refractivity contribution in [3.05, 3.63) is 90.0 Å². The number of anilines is 1. The van der Waals surface area contributed by atoms with Crippen LogP contribution in [-0.4, -0.2) is 31.0 Å². The van der Waals surface area contributed by atoms with Gasteiger partial charge in [-0.2, -0.15) is 0 Å². The summed E-state index contributed by atoms with van der Waals surface area (Å²) < 4.78 is 45.0. The molecule has 0 saturated carbocycles. The van der Waals surface area contributed by atoms with Gasteiger partial charge in [-0.05, 0) is 56.5 Å². The fourth-order valence-electron chi connectivity index (χ4n) is 3.71. The van der Waals surface area contributed by atoms with Crippen LogP contribution in [0, 0.1) is 18.2 Å². The summed E-state index contributed by atoms with van der Waals surface area (Å²) in [5.41, 5.74) is 0.515. The second-order valence-corrected chi connectivity index (χ2v) is 7.54. The summed E-state index contributed by atoms with van der Waals surface area (Å²) in [6.07, 6.45) is 7.16. The van der Waals surface area contributed by atoms with Crippen LogP contribution in [-0.2, 0) is 10.3 Å². The van der Waals surface area contributed by atoms with Crippen LogP contribution in [0.4, 0.5) is 23.7 Å². The van der Waals surface area contributed by atoms with E-state index in [4.69, 9.17) is 6.42 Å². The number of ether oxygens (including phenoxy) is 1. The average molecular weight is 487 g/mol. The fourth-order valence-corrected chi connectivity index (χ4v) is 3.71. The van der Waals surface area contributed by atoms with Gasteiger partial charge in [-0.1, -0.05) is 55.8 Å². The number of allylic oxidation sites excluding steroid dienone is 3. The van der Waals surface area contributed by atoms with Crippen molar-refractivity contribution in [1.29, 1.82) is 0 Å². The van der Waals surface area contributed by atoms with Crippen LogP contribution in [0.25, 0.3) is 0 Å². The van der Waals surface area contributed by atoms with Crippen LogP contribution in [0.3, 0.4) is 0 Å². The van der Waals surface area contributed by atoms with E-state index in [-0.39, 0.29) is 0 Å². The average Bonchev–Trinajstić information content (AvgIpc) is 2.87. The molecule has 0 saturated heterocycles. The van der Waals surface area contributed by atoms with Crippen LogP contribution in [0.15, 0.2) is 73.0 Å². The van der Waals surface area contributed by atoms with E-state index in [0.717, 1.165) is 4.90 Å². The minimum atomic E-state index is -2.69. The minimum Gasteiger partial charge on any atom is -0.489 e. The van der Waals surface area contributed by atoms with Crippen molar-refractivity contribution in [2.24, 2.45) is 0 Å². The smallest absolute Gasteiger partial charge is 0.323 e. The molecule has 4 nitrogen and oxygen atoms in total. The number of amides is 2. The Bertz CT molecular complexity index is 1030. The predicted molar refractivity (Wildman–Crippen MR) is 136 cm³/mol. The molecule has 2 aromatic rings. The van der Waals surface area contributed by atoms with Gasteiger partial charge in [0.05, 0.1) is 19.2 Å². The number of halogens is 3. The van der Waals surface area contributed by atoms with E-state index in [1.807, 2.05) is 39.0 Å². The first kappa shape index (κ1) is 29.4. The van der Waals surface area contributed by atoms with Crippen molar-refractivity contribution >= 4 is 11.7 Å². The summed E-state index contributed by atoms with van der Waals surface area (Å²) in [6, 6.07) is 12.4. The molecule has 2 amide bonds. The molecule has 1 N–H and O–H groups in total. The van der Waals surface area contributed by atoms with Crippen molar-refractivity contribution in [2.45, 2.75) is 45.6 Å². The second-order valence-electron chi connectivity index (χ2n) is 7.54. The minimum absolute atomic E-state index is 0.370. The number of nitrogens with zero attached hydrogens (tertiary/aromatic N) is 1. The summed E-state index contributed by atoms with van der Waals surface area (Å²) in [7, 11) is 1.49. The van der Waals surface area contributed by atoms with E-state index in [2.05, 4.69) is 22.6 Å². The normalized spacial score (nSPS) is 16.2. The van der Waals surface area contributed by atoms with E-state index < -0.39 is 30.4 Å². The van der Waals surface area contributed by atoms with Crippen molar-refractivity contribution in [1.82, 2.24) is 4.90 Å². The molecule has 1 atom stereocenters. The number of benzene rings is 2. The number of nitrogens with one attached hydrogen (secondary N) is 1. The molecule has 0 aromatic heterocycles. The monoisotopic (exact) mass is 486 g/mol. The summed E-state index contributed by atoms with van der Waals surface area (Å²) in [6.45, 7) is 8.52. The predicted octanol–water partition coefficient (Wildman–Crippen LogP) is 7.34. The molecule has 7 heteroatoms. The highest BCUT2D eigenvalue weighted by molar-refractivity contribution is 5.94. The summed E-state index contributed by atoms with van der Waals surface area (Å²) >= 11 is 0. The number of alkyl halides is 2. The third-order valence-electron chi connectivity index (χ3n) is 5.30. The van der Waals surface area contributed by atoms with Gasteiger partial charge < -0.3 is 15.0 Å². The zero-order valence-electron chi connectivity index (χ0n) is 20.7. The van der Waals surface area contributed by atoms with Crippen LogP contribution in [0.1, 0.15) is 44.7 Å². The number of urea groups is 1. The van der Waals surface area contributed by atoms with E-state index >= 15 is 0 Å². The first-order valence-corrected chi connectivity index (χ1v) is 11.2. The first-order valence-electron chi connectivity index (χ1n) is 11.2. The molecule has 1 aliphatic rings. The van der Waals surface area contributed by atoms with Crippen LogP contribution in [0.5, 0.6) is 0 Å². The lowest BCUT2D eigenvalue weighted by Gasteiger charge is -2.48. The Balaban J connectivity index is 0.000000520. The quantitative estimate of drug-likeness (QED) is 0.264. The largest absolute Gasteiger partial charge is 0.489 e. The van der Waals surface area contributed by atoms with Gasteiger partial charge in [-0.25, -0.2) is 18.0 Å². The number of fused-ring (bicyclic) bond motifs is 1. The van der Waals surface area contributed by atoms with Gasteiger partial charge in [0.1, 0.15) is 5.82 Å². The molecule has 1 aliphatic heterocycles. The van der Waals surface area contributed by atoms with Gasteiger partial charge >= 0.3 is 6.03 Å². The van der Waals surface area contributed by atoms with Gasteiger partial charge in [0.25, 0.3) is 6.43 Å². The lowest BCUT2D eigenvalue weighted by molar-refractivity contribution is 0.0552. The summed E-state index contributed by atoms with van der Waals surface area (Å²) in [5.74, 6) is 2.10. The van der Waals surface area contributed by atoms with E-state index in [1.165, 1.54) is 25.3 Å². The molecule has 188 valence electrons. The fraction of sp³-hybridized carbons (Fsp3) is 0.321. The highest BCUT2D eigenvalue weighted by Crippen LogP contribution is 2.46. The zero-order chi connectivity index (χ0) is 26.4. The van der Waals surface area contributed by atoms with Crippen molar-refractivity contribution < 1.29 is 22.7 Å². The van der Waals surface area contributed by atoms with Gasteiger partial charge in [0.2, 0.25) is 0 Å². The van der Waals surface area contributed by atoms with E-state index in [0.29, 0.717) is 35.4 Å². The Hall–Kier alpha value is -3.66. The molecule has 2 aromatic carbocycles. The third kappa shape index (κ3) is 7.68. The van der Waals surface area contributed by atoms with Gasteiger partial charge in [-0.3, -0.25) is 0 Å². The van der Waals surface area contributed by atoms with Crippen molar-refractivity contribution in [3.8, 4) is 12.3 Å². The van der Waals surface area contributed by atoms with E-state index in [1.54, 1.807) is 24.3 Å². The molecule has 0 bridgehead atoms. The van der Waals surface area contributed by atoms with Gasteiger partial charge in [0.15, 0.2) is 5.76 Å². The Labute approximate surface area is 206 Å². The number of hydrogen-bond donors (Lipinski definition) is 1. The number of carbonyl (C=O) groups is 1. The molecule has 3 rings (SSSR count). The Morgan fingerprint density at radius 2 is 1.86 bits per heavy atom. The first-order chi connectivity index (χ1) is 16.7. The molecule has 0 aliphatic carbocycles. The second kappa shape index (κ2) is 14.6. The van der Waals surface area contributed by atoms with Gasteiger partial charge in [-0.15, -0.1) is 6.42 Å². The highest BCUT2D eigenvalue weighted by atomic mass is 19.3. The SMILES string of the molecule is C#CC(=C)OC.C/C=C\C.CCCC1(c2ccccc2)c2cc(F)ccc2NC(=O)N1CC(F)F. The standard InChI is InChI=1S/C19H19F3N2O.C5H6O.C4H8/c1-2-10-19(13-6-4-3-5-7-13)15-11-14(20)8-9-16(15)23-18(25)24(19)12-17(21)22;1-4-5(2)6-3;1-3-4-2/h3-9,11,17H,2,10,12H2,1H3,(H,23,25);1H,2H2,3H3;3-4H,1-2H3/b;;4-3-. The maximum absolute atomic E-state index is 14.0. The molecule has 1 unspecified atom stereocenters. The lowest BCUT2D eigenvalue weighted by atomic mass is 9.76. The maximum Gasteiger partial charge on any atom is 0.323 e. The number of terminal acetylenes is 1. The number of carbonyl (C=O) groups excluding carboxylic acids is 1. The molecule has 1 heterocycles. The Morgan fingerprint density at radius 3 is 2.31 bits per heavy atom. The maximum atomic E-state index is 14.0. The number of methoxy groups -OCH3 is 1. The lowest BCUT2D eigenvalue weighted by Crippen LogP contribution is -2.56. The summed E-state index contributed by atoms with van der Waals surface area (Å²) in [5, 5.41) is 2.61. The summed E-state index contributed by atoms with van der Waals surface area (Å²) in [4.78, 5) is 13.8. The van der Waals surface area contributed by atoms with Crippen LogP contribution >= 0.6 is 0 Å². The highest BCUT2D eigenvalue weighted by Gasteiger charge is 2.48. The molecule has 35 heavy (non-hydrogen) atoms. The molecule has 0 radical (unpaired) electrons. The van der Waals surface area contributed by atoms with Crippen molar-refractivity contribution in [2.75, 3.05) is 19.0 Å². The topological polar surface area (TPSA) is 41.6 Å². The molecule has 0 fully saturated rings. The third-order valence-corrected chi connectivity index (χ3v) is 5.30. The molecular weight excluding hydrogens is 453 g/mol.